The van der Waals surface area contributed by atoms with Crippen molar-refractivity contribution in [2.45, 2.75) is 50.7 Å². The second-order valence-corrected chi connectivity index (χ2v) is 8.31. The van der Waals surface area contributed by atoms with E-state index in [0.29, 0.717) is 12.2 Å². The highest BCUT2D eigenvalue weighted by Crippen LogP contribution is 2.33. The Balaban J connectivity index is 1.30. The number of benzene rings is 1. The molecule has 2 aliphatic heterocycles. The Morgan fingerprint density at radius 3 is 2.76 bits per heavy atom. The van der Waals surface area contributed by atoms with Gasteiger partial charge in [-0.25, -0.2) is 0 Å². The third kappa shape index (κ3) is 4.03. The first-order chi connectivity index (χ1) is 14.2. The minimum Gasteiger partial charge on any atom is -0.479 e. The van der Waals surface area contributed by atoms with Crippen LogP contribution in [-0.2, 0) is 22.4 Å². The molecule has 0 radical (unpaired) electrons. The number of aromatic nitrogens is 1. The molecule has 3 aliphatic rings. The lowest BCUT2D eigenvalue weighted by molar-refractivity contribution is -0.129. The normalized spacial score (nSPS) is 21.5. The number of anilines is 1. The van der Waals surface area contributed by atoms with Crippen LogP contribution in [0.25, 0.3) is 0 Å². The van der Waals surface area contributed by atoms with Gasteiger partial charge in [0.25, 0.3) is 0 Å². The standard InChI is InChI=1S/C23H25N3O3/c27-21-6-4-17-10-14(1-5-19(17)26-21)9-15-11-18(13-24-12-15)29-23(20-7-8-25-20)22(28)16-2-3-16/h1,5,10-13,16,20,23,25H,2-4,6-9H2,(H,26,27). The Kier molecular flexibility index (Phi) is 4.79. The Morgan fingerprint density at radius 1 is 1.14 bits per heavy atom. The smallest absolute Gasteiger partial charge is 0.224 e. The van der Waals surface area contributed by atoms with Gasteiger partial charge in [-0.3, -0.25) is 14.6 Å². The third-order valence-corrected chi connectivity index (χ3v) is 5.99. The Bertz CT molecular complexity index is 950. The number of fused-ring (bicyclic) bond motifs is 1. The molecule has 0 spiro atoms. The number of nitrogens with zero attached hydrogens (tertiary/aromatic N) is 1. The zero-order valence-corrected chi connectivity index (χ0v) is 16.3. The largest absolute Gasteiger partial charge is 0.479 e. The number of amides is 1. The second kappa shape index (κ2) is 7.59. The van der Waals surface area contributed by atoms with Crippen LogP contribution in [0.1, 0.15) is 42.4 Å². The lowest BCUT2D eigenvalue weighted by Gasteiger charge is -2.34. The van der Waals surface area contributed by atoms with Gasteiger partial charge in [0, 0.05) is 24.2 Å². The molecule has 2 aromatic rings. The van der Waals surface area contributed by atoms with Gasteiger partial charge in [0.15, 0.2) is 11.9 Å². The number of Topliss-reactive ketones (excluding diaryl/α,β-unsaturated/α-hetero) is 1. The van der Waals surface area contributed by atoms with Crippen molar-refractivity contribution >= 4 is 17.4 Å². The summed E-state index contributed by atoms with van der Waals surface area (Å²) >= 11 is 0. The van der Waals surface area contributed by atoms with Crippen molar-refractivity contribution in [1.29, 1.82) is 0 Å². The number of hydrogen-bond acceptors (Lipinski definition) is 5. The molecule has 1 aliphatic carbocycles. The number of carbonyl (C=O) groups excluding carboxylic acids is 2. The van der Waals surface area contributed by atoms with Crippen LogP contribution in [0.2, 0.25) is 0 Å². The summed E-state index contributed by atoms with van der Waals surface area (Å²) < 4.78 is 6.14. The van der Waals surface area contributed by atoms with Crippen molar-refractivity contribution in [2.75, 3.05) is 11.9 Å². The number of nitrogens with one attached hydrogen (secondary N) is 2. The molecule has 1 aromatic heterocycles. The topological polar surface area (TPSA) is 80.3 Å². The van der Waals surface area contributed by atoms with Gasteiger partial charge in [0.2, 0.25) is 5.91 Å². The molecule has 3 heterocycles. The van der Waals surface area contributed by atoms with Crippen molar-refractivity contribution in [3.63, 3.8) is 0 Å². The maximum atomic E-state index is 12.7. The second-order valence-electron chi connectivity index (χ2n) is 8.31. The van der Waals surface area contributed by atoms with Crippen LogP contribution in [0.5, 0.6) is 5.75 Å². The van der Waals surface area contributed by atoms with Gasteiger partial charge >= 0.3 is 0 Å². The van der Waals surface area contributed by atoms with Crippen molar-refractivity contribution in [1.82, 2.24) is 10.3 Å². The highest BCUT2D eigenvalue weighted by atomic mass is 16.5. The first-order valence-electron chi connectivity index (χ1n) is 10.4. The molecule has 5 rings (SSSR count). The number of rotatable bonds is 7. The summed E-state index contributed by atoms with van der Waals surface area (Å²) in [6, 6.07) is 8.26. The lowest BCUT2D eigenvalue weighted by atomic mass is 9.95. The van der Waals surface area contributed by atoms with Crippen LogP contribution in [0, 0.1) is 5.92 Å². The van der Waals surface area contributed by atoms with E-state index in [9.17, 15) is 9.59 Å². The number of aryl methyl sites for hydroxylation is 1. The summed E-state index contributed by atoms with van der Waals surface area (Å²) in [6.07, 6.45) is 8.11. The molecule has 1 amide bonds. The Labute approximate surface area is 170 Å². The zero-order valence-electron chi connectivity index (χ0n) is 16.3. The summed E-state index contributed by atoms with van der Waals surface area (Å²) in [5.41, 5.74) is 4.30. The fraction of sp³-hybridized carbons (Fsp3) is 0.435. The number of ether oxygens (including phenoxy) is 1. The highest BCUT2D eigenvalue weighted by molar-refractivity contribution is 5.93. The van der Waals surface area contributed by atoms with Gasteiger partial charge in [-0.2, -0.15) is 0 Å². The summed E-state index contributed by atoms with van der Waals surface area (Å²) in [6.45, 7) is 0.944. The van der Waals surface area contributed by atoms with Crippen molar-refractivity contribution in [3.8, 4) is 5.75 Å². The maximum absolute atomic E-state index is 12.7. The number of hydrogen-bond donors (Lipinski definition) is 2. The van der Waals surface area contributed by atoms with E-state index in [0.717, 1.165) is 49.9 Å². The zero-order chi connectivity index (χ0) is 19.8. The van der Waals surface area contributed by atoms with Crippen molar-refractivity contribution < 1.29 is 14.3 Å². The molecule has 1 aromatic carbocycles. The molecule has 1 saturated carbocycles. The molecule has 2 atom stereocenters. The monoisotopic (exact) mass is 391 g/mol. The maximum Gasteiger partial charge on any atom is 0.224 e. The molecule has 6 nitrogen and oxygen atoms in total. The van der Waals surface area contributed by atoms with E-state index in [-0.39, 0.29) is 23.7 Å². The predicted molar refractivity (Wildman–Crippen MR) is 109 cm³/mol. The fourth-order valence-electron chi connectivity index (χ4n) is 4.06. The minimum atomic E-state index is -0.416. The van der Waals surface area contributed by atoms with E-state index >= 15 is 0 Å². The lowest BCUT2D eigenvalue weighted by Crippen LogP contribution is -2.56. The summed E-state index contributed by atoms with van der Waals surface area (Å²) in [7, 11) is 0. The van der Waals surface area contributed by atoms with Gasteiger partial charge in [-0.05, 0) is 67.5 Å². The summed E-state index contributed by atoms with van der Waals surface area (Å²) in [5.74, 6) is 1.13. The Hall–Kier alpha value is -2.73. The van der Waals surface area contributed by atoms with Gasteiger partial charge in [-0.1, -0.05) is 12.1 Å². The number of ketones is 1. The number of carbonyl (C=O) groups is 2. The van der Waals surface area contributed by atoms with Crippen LogP contribution in [0.4, 0.5) is 5.69 Å². The van der Waals surface area contributed by atoms with Crippen LogP contribution in [-0.4, -0.2) is 35.4 Å². The first kappa shape index (κ1) is 18.3. The molecule has 2 unspecified atom stereocenters. The van der Waals surface area contributed by atoms with Crippen LogP contribution < -0.4 is 15.4 Å². The van der Waals surface area contributed by atoms with Gasteiger partial charge in [0.05, 0.1) is 12.2 Å². The molecule has 150 valence electrons. The first-order valence-corrected chi connectivity index (χ1v) is 10.4. The van der Waals surface area contributed by atoms with Gasteiger partial charge in [0.1, 0.15) is 5.75 Å². The van der Waals surface area contributed by atoms with E-state index in [1.54, 1.807) is 6.20 Å². The third-order valence-electron chi connectivity index (χ3n) is 5.99. The molecular weight excluding hydrogens is 366 g/mol. The average Bonchev–Trinajstić information content (AvgIpc) is 3.51. The predicted octanol–water partition coefficient (Wildman–Crippen LogP) is 2.65. The quantitative estimate of drug-likeness (QED) is 0.759. The van der Waals surface area contributed by atoms with E-state index in [2.05, 4.69) is 21.7 Å². The highest BCUT2D eigenvalue weighted by Gasteiger charge is 2.41. The molecule has 1 saturated heterocycles. The van der Waals surface area contributed by atoms with E-state index < -0.39 is 6.10 Å². The summed E-state index contributed by atoms with van der Waals surface area (Å²) in [4.78, 5) is 28.5. The molecule has 29 heavy (non-hydrogen) atoms. The molecule has 0 bridgehead atoms. The molecule has 2 fully saturated rings. The Morgan fingerprint density at radius 2 is 2.00 bits per heavy atom. The fourth-order valence-corrected chi connectivity index (χ4v) is 4.06. The van der Waals surface area contributed by atoms with E-state index in [1.165, 1.54) is 11.1 Å². The number of pyridine rings is 1. The average molecular weight is 391 g/mol. The van der Waals surface area contributed by atoms with Crippen LogP contribution >= 0.6 is 0 Å². The van der Waals surface area contributed by atoms with E-state index in [4.69, 9.17) is 4.74 Å². The van der Waals surface area contributed by atoms with Crippen molar-refractivity contribution in [3.05, 3.63) is 53.3 Å². The van der Waals surface area contributed by atoms with Crippen LogP contribution in [0.15, 0.2) is 36.7 Å². The van der Waals surface area contributed by atoms with Gasteiger partial charge in [-0.15, -0.1) is 0 Å². The summed E-state index contributed by atoms with van der Waals surface area (Å²) in [5, 5.41) is 6.24. The van der Waals surface area contributed by atoms with Crippen molar-refractivity contribution in [2.24, 2.45) is 5.92 Å². The molecule has 6 heteroatoms. The SMILES string of the molecule is O=C1CCc2cc(Cc3cncc(OC(C(=O)C4CC4)C4CCN4)c3)ccc2N1. The molecular formula is C23H25N3O3. The minimum absolute atomic E-state index is 0.0792. The van der Waals surface area contributed by atoms with E-state index in [1.807, 2.05) is 24.4 Å². The molecule has 2 N–H and O–H groups in total. The van der Waals surface area contributed by atoms with Gasteiger partial charge < -0.3 is 15.4 Å². The van der Waals surface area contributed by atoms with Crippen LogP contribution in [0.3, 0.4) is 0 Å².